The molecule has 0 aliphatic carbocycles. The highest BCUT2D eigenvalue weighted by Gasteiger charge is 2.28. The topological polar surface area (TPSA) is 62.7 Å². The summed E-state index contributed by atoms with van der Waals surface area (Å²) in [6, 6.07) is 3.74. The van der Waals surface area contributed by atoms with Gasteiger partial charge in [-0.15, -0.1) is 0 Å². The van der Waals surface area contributed by atoms with Gasteiger partial charge in [-0.2, -0.15) is 0 Å². The number of ether oxygens (including phenoxy) is 1. The van der Waals surface area contributed by atoms with E-state index in [4.69, 9.17) is 4.74 Å². The fourth-order valence-electron chi connectivity index (χ4n) is 3.38. The molecule has 6 heteroatoms. The normalized spacial score (nSPS) is 19.8. The number of carbonyl (C=O) groups is 2. The predicted molar refractivity (Wildman–Crippen MR) is 89.3 cm³/mol. The Bertz CT molecular complexity index is 558. The molecular formula is C18H25N3O3. The summed E-state index contributed by atoms with van der Waals surface area (Å²) in [6.45, 7) is 4.09. The van der Waals surface area contributed by atoms with Crippen LogP contribution in [-0.4, -0.2) is 66.0 Å². The standard InChI is InChI=1S/C18H25N3O3/c22-17(14-15-2-6-19-7-3-15)20-8-1-9-21(11-10-20)18(23)16-4-12-24-13-5-16/h2-3,6-7,16H,1,4-5,8-14H2. The van der Waals surface area contributed by atoms with Gasteiger partial charge in [0.2, 0.25) is 11.8 Å². The van der Waals surface area contributed by atoms with Gasteiger partial charge in [0.05, 0.1) is 6.42 Å². The van der Waals surface area contributed by atoms with E-state index in [2.05, 4.69) is 4.98 Å². The number of hydrogen-bond acceptors (Lipinski definition) is 4. The van der Waals surface area contributed by atoms with Crippen molar-refractivity contribution in [3.05, 3.63) is 30.1 Å². The molecule has 2 amide bonds. The lowest BCUT2D eigenvalue weighted by Crippen LogP contribution is -2.41. The van der Waals surface area contributed by atoms with Crippen LogP contribution in [0.4, 0.5) is 0 Å². The molecule has 3 heterocycles. The summed E-state index contributed by atoms with van der Waals surface area (Å²) >= 11 is 0. The summed E-state index contributed by atoms with van der Waals surface area (Å²) in [5, 5.41) is 0. The first kappa shape index (κ1) is 16.9. The summed E-state index contributed by atoms with van der Waals surface area (Å²) < 4.78 is 5.34. The zero-order chi connectivity index (χ0) is 16.8. The van der Waals surface area contributed by atoms with Crippen molar-refractivity contribution in [2.45, 2.75) is 25.7 Å². The lowest BCUT2D eigenvalue weighted by Gasteiger charge is -2.28. The van der Waals surface area contributed by atoms with E-state index in [1.165, 1.54) is 0 Å². The lowest BCUT2D eigenvalue weighted by atomic mass is 9.98. The molecule has 0 radical (unpaired) electrons. The second-order valence-corrected chi connectivity index (χ2v) is 6.48. The fraction of sp³-hybridized carbons (Fsp3) is 0.611. The Kier molecular flexibility index (Phi) is 5.80. The van der Waals surface area contributed by atoms with Crippen molar-refractivity contribution in [3.8, 4) is 0 Å². The molecule has 2 aliphatic rings. The Balaban J connectivity index is 1.52. The molecule has 1 aromatic heterocycles. The Labute approximate surface area is 142 Å². The van der Waals surface area contributed by atoms with E-state index in [0.717, 1.165) is 37.9 Å². The SMILES string of the molecule is O=C(Cc1ccncc1)N1CCCN(C(=O)C2CCOCC2)CC1. The van der Waals surface area contributed by atoms with Crippen molar-refractivity contribution < 1.29 is 14.3 Å². The van der Waals surface area contributed by atoms with Crippen molar-refractivity contribution >= 4 is 11.8 Å². The molecule has 2 aliphatic heterocycles. The molecule has 0 bridgehead atoms. The average molecular weight is 331 g/mol. The van der Waals surface area contributed by atoms with Gasteiger partial charge >= 0.3 is 0 Å². The van der Waals surface area contributed by atoms with Crippen LogP contribution in [0.3, 0.4) is 0 Å². The van der Waals surface area contributed by atoms with Gasteiger partial charge in [0.25, 0.3) is 0 Å². The third-order valence-corrected chi connectivity index (χ3v) is 4.84. The van der Waals surface area contributed by atoms with E-state index in [0.29, 0.717) is 32.7 Å². The predicted octanol–water partition coefficient (Wildman–Crippen LogP) is 1.11. The van der Waals surface area contributed by atoms with Crippen LogP contribution in [0.5, 0.6) is 0 Å². The van der Waals surface area contributed by atoms with E-state index in [-0.39, 0.29) is 17.7 Å². The molecule has 0 unspecified atom stereocenters. The first-order chi connectivity index (χ1) is 11.7. The second kappa shape index (κ2) is 8.24. The summed E-state index contributed by atoms with van der Waals surface area (Å²) in [7, 11) is 0. The molecule has 3 rings (SSSR count). The minimum Gasteiger partial charge on any atom is -0.381 e. The molecule has 0 atom stereocenters. The van der Waals surface area contributed by atoms with Gasteiger partial charge in [0.1, 0.15) is 0 Å². The van der Waals surface area contributed by atoms with Gasteiger partial charge in [-0.05, 0) is 37.0 Å². The maximum atomic E-state index is 12.6. The molecule has 0 aromatic carbocycles. The molecule has 2 fully saturated rings. The van der Waals surface area contributed by atoms with E-state index < -0.39 is 0 Å². The van der Waals surface area contributed by atoms with Crippen LogP contribution in [-0.2, 0) is 20.7 Å². The molecular weight excluding hydrogens is 306 g/mol. The first-order valence-corrected chi connectivity index (χ1v) is 8.77. The Morgan fingerprint density at radius 2 is 1.71 bits per heavy atom. The molecule has 0 N–H and O–H groups in total. The fourth-order valence-corrected chi connectivity index (χ4v) is 3.38. The van der Waals surface area contributed by atoms with Gasteiger partial charge in [-0.3, -0.25) is 14.6 Å². The number of aromatic nitrogens is 1. The smallest absolute Gasteiger partial charge is 0.227 e. The number of pyridine rings is 1. The van der Waals surface area contributed by atoms with Gasteiger partial charge in [0.15, 0.2) is 0 Å². The van der Waals surface area contributed by atoms with Crippen molar-refractivity contribution in [1.82, 2.24) is 14.8 Å². The monoisotopic (exact) mass is 331 g/mol. The molecule has 0 spiro atoms. The third kappa shape index (κ3) is 4.32. The number of carbonyl (C=O) groups excluding carboxylic acids is 2. The molecule has 0 saturated carbocycles. The summed E-state index contributed by atoms with van der Waals surface area (Å²) in [4.78, 5) is 32.9. The van der Waals surface area contributed by atoms with Crippen LogP contribution >= 0.6 is 0 Å². The highest BCUT2D eigenvalue weighted by atomic mass is 16.5. The number of nitrogens with zero attached hydrogens (tertiary/aromatic N) is 3. The van der Waals surface area contributed by atoms with E-state index in [1.54, 1.807) is 12.4 Å². The van der Waals surface area contributed by atoms with Crippen molar-refractivity contribution in [1.29, 1.82) is 0 Å². The van der Waals surface area contributed by atoms with Crippen molar-refractivity contribution in [2.24, 2.45) is 5.92 Å². The van der Waals surface area contributed by atoms with Gasteiger partial charge in [-0.25, -0.2) is 0 Å². The zero-order valence-electron chi connectivity index (χ0n) is 14.0. The lowest BCUT2D eigenvalue weighted by molar-refractivity contribution is -0.139. The minimum absolute atomic E-state index is 0.0952. The van der Waals surface area contributed by atoms with Crippen molar-refractivity contribution in [3.63, 3.8) is 0 Å². The molecule has 2 saturated heterocycles. The summed E-state index contributed by atoms with van der Waals surface area (Å²) in [5.41, 5.74) is 0.981. The Morgan fingerprint density at radius 3 is 2.46 bits per heavy atom. The van der Waals surface area contributed by atoms with Crippen molar-refractivity contribution in [2.75, 3.05) is 39.4 Å². The Morgan fingerprint density at radius 1 is 1.04 bits per heavy atom. The molecule has 1 aromatic rings. The van der Waals surface area contributed by atoms with Gasteiger partial charge in [0, 0.05) is 57.7 Å². The van der Waals surface area contributed by atoms with E-state index >= 15 is 0 Å². The number of hydrogen-bond donors (Lipinski definition) is 0. The van der Waals surface area contributed by atoms with Crippen LogP contribution in [0.1, 0.15) is 24.8 Å². The van der Waals surface area contributed by atoms with Crippen LogP contribution in [0.15, 0.2) is 24.5 Å². The largest absolute Gasteiger partial charge is 0.381 e. The number of amides is 2. The molecule has 6 nitrogen and oxygen atoms in total. The van der Waals surface area contributed by atoms with E-state index in [9.17, 15) is 9.59 Å². The van der Waals surface area contributed by atoms with Crippen LogP contribution in [0, 0.1) is 5.92 Å². The highest BCUT2D eigenvalue weighted by molar-refractivity contribution is 5.80. The molecule has 130 valence electrons. The quantitative estimate of drug-likeness (QED) is 0.832. The maximum absolute atomic E-state index is 12.6. The zero-order valence-corrected chi connectivity index (χ0v) is 14.0. The van der Waals surface area contributed by atoms with Crippen LogP contribution in [0.25, 0.3) is 0 Å². The summed E-state index contributed by atoms with van der Waals surface area (Å²) in [6.07, 6.45) is 6.30. The van der Waals surface area contributed by atoms with Gasteiger partial charge in [-0.1, -0.05) is 0 Å². The van der Waals surface area contributed by atoms with Crippen LogP contribution in [0.2, 0.25) is 0 Å². The Hall–Kier alpha value is -1.95. The first-order valence-electron chi connectivity index (χ1n) is 8.77. The minimum atomic E-state index is 0.0952. The number of rotatable bonds is 3. The van der Waals surface area contributed by atoms with Gasteiger partial charge < -0.3 is 14.5 Å². The van der Waals surface area contributed by atoms with Crippen LogP contribution < -0.4 is 0 Å². The average Bonchev–Trinajstić information content (AvgIpc) is 2.89. The molecule has 24 heavy (non-hydrogen) atoms. The highest BCUT2D eigenvalue weighted by Crippen LogP contribution is 2.19. The second-order valence-electron chi connectivity index (χ2n) is 6.48. The maximum Gasteiger partial charge on any atom is 0.227 e. The summed E-state index contributed by atoms with van der Waals surface area (Å²) in [5.74, 6) is 0.459. The third-order valence-electron chi connectivity index (χ3n) is 4.84. The van der Waals surface area contributed by atoms with E-state index in [1.807, 2.05) is 21.9 Å².